The average Bonchev–Trinajstić information content (AvgIpc) is 2.63. The Kier molecular flexibility index (Phi) is 2.49. The van der Waals surface area contributed by atoms with Gasteiger partial charge >= 0.3 is 0 Å². The van der Waals surface area contributed by atoms with E-state index in [2.05, 4.69) is 11.1 Å². The summed E-state index contributed by atoms with van der Waals surface area (Å²) in [7, 11) is 1.68. The van der Waals surface area contributed by atoms with Crippen LogP contribution in [0.2, 0.25) is 0 Å². The molecule has 2 rings (SSSR count). The third-order valence-corrected chi connectivity index (χ3v) is 2.13. The molecular formula is C11H12N2O. The van der Waals surface area contributed by atoms with Crippen LogP contribution in [0.25, 0.3) is 5.70 Å². The second kappa shape index (κ2) is 3.96. The molecule has 3 heteroatoms. The lowest BCUT2D eigenvalue weighted by Crippen LogP contribution is -1.98. The summed E-state index contributed by atoms with van der Waals surface area (Å²) in [5.41, 5.74) is 1.11. The second-order valence-corrected chi connectivity index (χ2v) is 2.98. The maximum absolute atomic E-state index is 5.31. The van der Waals surface area contributed by atoms with Crippen molar-refractivity contribution in [1.29, 1.82) is 0 Å². The summed E-state index contributed by atoms with van der Waals surface area (Å²) in [6.07, 6.45) is 14.4. The molecule has 1 aliphatic rings. The fourth-order valence-electron chi connectivity index (χ4n) is 1.44. The highest BCUT2D eigenvalue weighted by Crippen LogP contribution is 2.19. The predicted molar refractivity (Wildman–Crippen MR) is 55.3 cm³/mol. The molecule has 1 aliphatic carbocycles. The van der Waals surface area contributed by atoms with Crippen molar-refractivity contribution in [3.8, 4) is 0 Å². The highest BCUT2D eigenvalue weighted by molar-refractivity contribution is 5.55. The van der Waals surface area contributed by atoms with Crippen LogP contribution in [0.5, 0.6) is 0 Å². The van der Waals surface area contributed by atoms with Gasteiger partial charge in [0, 0.05) is 18.8 Å². The van der Waals surface area contributed by atoms with Gasteiger partial charge < -0.3 is 9.30 Å². The molecule has 1 heterocycles. The highest BCUT2D eigenvalue weighted by Gasteiger charge is 2.06. The molecule has 0 spiro atoms. The summed E-state index contributed by atoms with van der Waals surface area (Å²) in [4.78, 5) is 4.02. The van der Waals surface area contributed by atoms with Crippen molar-refractivity contribution >= 4 is 5.70 Å². The molecule has 0 N–H and O–H groups in total. The zero-order valence-corrected chi connectivity index (χ0v) is 8.05. The topological polar surface area (TPSA) is 27.1 Å². The van der Waals surface area contributed by atoms with Crippen molar-refractivity contribution < 1.29 is 4.74 Å². The Morgan fingerprint density at radius 3 is 3.07 bits per heavy atom. The fourth-order valence-corrected chi connectivity index (χ4v) is 1.44. The van der Waals surface area contributed by atoms with Crippen molar-refractivity contribution in [1.82, 2.24) is 9.55 Å². The van der Waals surface area contributed by atoms with Crippen LogP contribution in [0, 0.1) is 0 Å². The molecule has 0 saturated carbocycles. The quantitative estimate of drug-likeness (QED) is 0.711. The van der Waals surface area contributed by atoms with Gasteiger partial charge in [0.15, 0.2) is 0 Å². The van der Waals surface area contributed by atoms with Gasteiger partial charge in [-0.15, -0.1) is 0 Å². The minimum atomic E-state index is 0.854. The van der Waals surface area contributed by atoms with Gasteiger partial charge in [-0.2, -0.15) is 0 Å². The molecule has 3 nitrogen and oxygen atoms in total. The minimum absolute atomic E-state index is 0.854. The van der Waals surface area contributed by atoms with E-state index in [1.165, 1.54) is 0 Å². The lowest BCUT2D eigenvalue weighted by molar-refractivity contribution is 0.306. The summed E-state index contributed by atoms with van der Waals surface area (Å²) in [6, 6.07) is 0. The molecular weight excluding hydrogens is 176 g/mol. The van der Waals surface area contributed by atoms with Crippen LogP contribution >= 0.6 is 0 Å². The Hall–Kier alpha value is -1.77. The van der Waals surface area contributed by atoms with Crippen LogP contribution in [0.4, 0.5) is 0 Å². The zero-order valence-electron chi connectivity index (χ0n) is 8.05. The van der Waals surface area contributed by atoms with Crippen LogP contribution in [0.1, 0.15) is 6.42 Å². The van der Waals surface area contributed by atoms with Gasteiger partial charge in [-0.25, -0.2) is 4.98 Å². The van der Waals surface area contributed by atoms with Crippen LogP contribution in [0.3, 0.4) is 0 Å². The number of nitrogens with zero attached hydrogens (tertiary/aromatic N) is 2. The normalized spacial score (nSPS) is 15.8. The standard InChI is InChI=1S/C11H12N2O/c1-14-11-6-4-2-3-5-10(11)13-8-7-12-9-13/h2-4,6-9H,5H2,1H3. The van der Waals surface area contributed by atoms with Crippen LogP contribution in [-0.2, 0) is 4.74 Å². The third-order valence-electron chi connectivity index (χ3n) is 2.13. The molecule has 0 aliphatic heterocycles. The number of methoxy groups -OCH3 is 1. The minimum Gasteiger partial charge on any atom is -0.495 e. The van der Waals surface area contributed by atoms with Crippen LogP contribution in [0.15, 0.2) is 48.8 Å². The smallest absolute Gasteiger partial charge is 0.138 e. The van der Waals surface area contributed by atoms with E-state index < -0.39 is 0 Å². The first-order valence-corrected chi connectivity index (χ1v) is 4.50. The number of hydrogen-bond acceptors (Lipinski definition) is 2. The van der Waals surface area contributed by atoms with E-state index in [0.717, 1.165) is 17.9 Å². The van der Waals surface area contributed by atoms with Gasteiger partial charge in [0.2, 0.25) is 0 Å². The number of aromatic nitrogens is 2. The van der Waals surface area contributed by atoms with Crippen molar-refractivity contribution in [2.75, 3.05) is 7.11 Å². The predicted octanol–water partition coefficient (Wildman–Crippen LogP) is 2.21. The summed E-state index contributed by atoms with van der Waals surface area (Å²) in [5, 5.41) is 0. The number of ether oxygens (including phenoxy) is 1. The van der Waals surface area contributed by atoms with Gasteiger partial charge in [-0.3, -0.25) is 0 Å². The monoisotopic (exact) mass is 188 g/mol. The summed E-state index contributed by atoms with van der Waals surface area (Å²) < 4.78 is 7.28. The molecule has 14 heavy (non-hydrogen) atoms. The number of allylic oxidation sites excluding steroid dienone is 5. The molecule has 0 atom stereocenters. The van der Waals surface area contributed by atoms with Crippen molar-refractivity contribution in [2.24, 2.45) is 0 Å². The number of imidazole rings is 1. The fraction of sp³-hybridized carbons (Fsp3) is 0.182. The first-order chi connectivity index (χ1) is 6.92. The molecule has 0 unspecified atom stereocenters. The number of hydrogen-bond donors (Lipinski definition) is 0. The molecule has 1 aromatic heterocycles. The Morgan fingerprint density at radius 1 is 1.43 bits per heavy atom. The largest absolute Gasteiger partial charge is 0.495 e. The maximum Gasteiger partial charge on any atom is 0.138 e. The average molecular weight is 188 g/mol. The molecule has 0 amide bonds. The van der Waals surface area contributed by atoms with E-state index in [4.69, 9.17) is 4.74 Å². The van der Waals surface area contributed by atoms with Crippen molar-refractivity contribution in [2.45, 2.75) is 6.42 Å². The van der Waals surface area contributed by atoms with Gasteiger partial charge in [-0.1, -0.05) is 18.2 Å². The SMILES string of the molecule is COC1=C(n2ccnc2)CC=CC=C1. The van der Waals surface area contributed by atoms with E-state index in [1.807, 2.05) is 29.0 Å². The lowest BCUT2D eigenvalue weighted by atomic mass is 10.2. The van der Waals surface area contributed by atoms with Crippen molar-refractivity contribution in [3.05, 3.63) is 48.8 Å². The van der Waals surface area contributed by atoms with Gasteiger partial charge in [-0.05, 0) is 6.08 Å². The molecule has 0 fully saturated rings. The second-order valence-electron chi connectivity index (χ2n) is 2.98. The van der Waals surface area contributed by atoms with Crippen LogP contribution in [-0.4, -0.2) is 16.7 Å². The third kappa shape index (κ3) is 1.62. The molecule has 0 radical (unpaired) electrons. The highest BCUT2D eigenvalue weighted by atomic mass is 16.5. The molecule has 0 saturated heterocycles. The van der Waals surface area contributed by atoms with Gasteiger partial charge in [0.05, 0.1) is 19.1 Å². The maximum atomic E-state index is 5.31. The summed E-state index contributed by atoms with van der Waals surface area (Å²) in [5.74, 6) is 0.882. The van der Waals surface area contributed by atoms with E-state index >= 15 is 0 Å². The van der Waals surface area contributed by atoms with E-state index in [9.17, 15) is 0 Å². The molecule has 0 aromatic carbocycles. The van der Waals surface area contributed by atoms with Gasteiger partial charge in [0.25, 0.3) is 0 Å². The number of rotatable bonds is 2. The zero-order chi connectivity index (χ0) is 9.80. The van der Waals surface area contributed by atoms with E-state index in [0.29, 0.717) is 0 Å². The Bertz CT molecular complexity index is 385. The summed E-state index contributed by atoms with van der Waals surface area (Å²) >= 11 is 0. The van der Waals surface area contributed by atoms with Gasteiger partial charge in [0.1, 0.15) is 5.76 Å². The lowest BCUT2D eigenvalue weighted by Gasteiger charge is -2.09. The molecule has 0 bridgehead atoms. The summed E-state index contributed by atoms with van der Waals surface area (Å²) in [6.45, 7) is 0. The van der Waals surface area contributed by atoms with E-state index in [1.54, 1.807) is 19.6 Å². The van der Waals surface area contributed by atoms with E-state index in [-0.39, 0.29) is 0 Å². The first-order valence-electron chi connectivity index (χ1n) is 4.50. The molecule has 72 valence electrons. The first kappa shape index (κ1) is 8.81. The van der Waals surface area contributed by atoms with Crippen molar-refractivity contribution in [3.63, 3.8) is 0 Å². The Morgan fingerprint density at radius 2 is 2.36 bits per heavy atom. The molecule has 1 aromatic rings. The Labute approximate surface area is 83.0 Å². The van der Waals surface area contributed by atoms with Crippen LogP contribution < -0.4 is 0 Å². The Balaban J connectivity index is 2.43.